The Morgan fingerprint density at radius 2 is 1.71 bits per heavy atom. The number of carbonyl (C=O) groups is 2. The van der Waals surface area contributed by atoms with Crippen molar-refractivity contribution in [2.75, 3.05) is 29.6 Å². The highest BCUT2D eigenvalue weighted by molar-refractivity contribution is 6.30. The van der Waals surface area contributed by atoms with Crippen LogP contribution < -0.4 is 20.0 Å². The maximum absolute atomic E-state index is 13.2. The predicted octanol–water partition coefficient (Wildman–Crippen LogP) is 5.70. The minimum absolute atomic E-state index is 0.0249. The second kappa shape index (κ2) is 12.0. The van der Waals surface area contributed by atoms with Crippen molar-refractivity contribution in [1.29, 1.82) is 0 Å². The van der Waals surface area contributed by atoms with E-state index in [0.29, 0.717) is 36.0 Å². The summed E-state index contributed by atoms with van der Waals surface area (Å²) in [6.45, 7) is 5.10. The first-order valence-electron chi connectivity index (χ1n) is 13.4. The zero-order valence-corrected chi connectivity index (χ0v) is 24.0. The molecule has 11 heteroatoms. The third kappa shape index (κ3) is 6.77. The molecule has 216 valence electrons. The van der Waals surface area contributed by atoms with E-state index in [1.165, 1.54) is 30.5 Å². The van der Waals surface area contributed by atoms with Gasteiger partial charge in [0.1, 0.15) is 5.75 Å². The van der Waals surface area contributed by atoms with Crippen LogP contribution in [0, 0.1) is 15.5 Å². The van der Waals surface area contributed by atoms with Crippen LogP contribution in [-0.4, -0.2) is 42.6 Å². The molecule has 0 unspecified atom stereocenters. The maximum Gasteiger partial charge on any atom is 0.277 e. The Kier molecular flexibility index (Phi) is 8.26. The number of allylic oxidation sites excluding steroid dienone is 1. The van der Waals surface area contributed by atoms with Crippen LogP contribution in [0.2, 0.25) is 5.02 Å². The van der Waals surface area contributed by atoms with E-state index < -0.39 is 10.8 Å². The number of halogens is 1. The number of nitro benzene ring substituents is 1. The molecule has 5 rings (SSSR count). The van der Waals surface area contributed by atoms with Gasteiger partial charge in [0.15, 0.2) is 12.4 Å². The maximum atomic E-state index is 13.2. The zero-order chi connectivity index (χ0) is 29.9. The molecule has 0 aromatic heterocycles. The van der Waals surface area contributed by atoms with Gasteiger partial charge in [0.05, 0.1) is 17.8 Å². The molecule has 0 bridgehead atoms. The highest BCUT2D eigenvalue weighted by Crippen LogP contribution is 2.42. The van der Waals surface area contributed by atoms with Gasteiger partial charge in [-0.3, -0.25) is 19.7 Å². The van der Waals surface area contributed by atoms with Gasteiger partial charge in [0.25, 0.3) is 11.6 Å². The number of nitrogens with one attached hydrogen (secondary N) is 1. The van der Waals surface area contributed by atoms with E-state index in [4.69, 9.17) is 16.3 Å². The van der Waals surface area contributed by atoms with E-state index in [-0.39, 0.29) is 23.5 Å². The van der Waals surface area contributed by atoms with Crippen LogP contribution in [0.1, 0.15) is 32.3 Å². The Bertz CT molecular complexity index is 1550. The number of non-ortho nitro benzene ring substituents is 1. The van der Waals surface area contributed by atoms with Crippen LogP contribution in [0.25, 0.3) is 0 Å². The number of rotatable bonds is 8. The number of carbonyl (C=O) groups excluding carboxylic acids is 2. The number of hydrazone groups is 1. The van der Waals surface area contributed by atoms with Crippen LogP contribution in [0.15, 0.2) is 89.2 Å². The summed E-state index contributed by atoms with van der Waals surface area (Å²) in [5, 5.41) is 15.3. The van der Waals surface area contributed by atoms with Crippen molar-refractivity contribution < 1.29 is 19.2 Å². The van der Waals surface area contributed by atoms with E-state index in [1.54, 1.807) is 12.1 Å². The van der Waals surface area contributed by atoms with Gasteiger partial charge in [0.2, 0.25) is 0 Å². The molecule has 10 nitrogen and oxygen atoms in total. The zero-order valence-electron chi connectivity index (χ0n) is 23.2. The van der Waals surface area contributed by atoms with Gasteiger partial charge < -0.3 is 14.5 Å². The number of Topliss-reactive ketones (excluding diaryl/α,β-unsaturated/α-hetero) is 1. The lowest BCUT2D eigenvalue weighted by Gasteiger charge is -2.45. The molecule has 1 aliphatic carbocycles. The lowest BCUT2D eigenvalue weighted by atomic mass is 9.74. The first-order chi connectivity index (χ1) is 20.1. The molecule has 1 amide bonds. The van der Waals surface area contributed by atoms with Crippen molar-refractivity contribution in [3.8, 4) is 5.75 Å². The topological polar surface area (TPSA) is 117 Å². The molecule has 3 aromatic carbocycles. The number of nitro groups is 1. The fraction of sp³-hybridized carbons (Fsp3) is 0.258. The third-order valence-electron chi connectivity index (χ3n) is 7.17. The van der Waals surface area contributed by atoms with Crippen molar-refractivity contribution in [1.82, 2.24) is 5.43 Å². The number of anilines is 2. The summed E-state index contributed by atoms with van der Waals surface area (Å²) in [6, 6.07) is 20.8. The summed E-state index contributed by atoms with van der Waals surface area (Å²) >= 11 is 6.15. The van der Waals surface area contributed by atoms with E-state index in [0.717, 1.165) is 29.1 Å². The number of ketones is 1. The van der Waals surface area contributed by atoms with Crippen LogP contribution in [0.3, 0.4) is 0 Å². The Balaban J connectivity index is 1.22. The Labute approximate surface area is 248 Å². The van der Waals surface area contributed by atoms with E-state index in [9.17, 15) is 19.7 Å². The minimum Gasteiger partial charge on any atom is -0.484 e. The molecule has 42 heavy (non-hydrogen) atoms. The van der Waals surface area contributed by atoms with Crippen LogP contribution >= 0.6 is 11.6 Å². The molecule has 3 aromatic rings. The lowest BCUT2D eigenvalue weighted by Crippen LogP contribution is -2.48. The molecule has 0 fully saturated rings. The number of hydrogen-bond acceptors (Lipinski definition) is 8. The largest absolute Gasteiger partial charge is 0.484 e. The van der Waals surface area contributed by atoms with Gasteiger partial charge >= 0.3 is 0 Å². The van der Waals surface area contributed by atoms with Crippen molar-refractivity contribution in [2.45, 2.75) is 26.7 Å². The Morgan fingerprint density at radius 1 is 1.05 bits per heavy atom. The van der Waals surface area contributed by atoms with Gasteiger partial charge in [-0.1, -0.05) is 25.4 Å². The Morgan fingerprint density at radius 3 is 2.38 bits per heavy atom. The van der Waals surface area contributed by atoms with Crippen LogP contribution in [0.4, 0.5) is 17.1 Å². The molecule has 0 saturated carbocycles. The number of amides is 1. The molecular weight excluding hydrogens is 558 g/mol. The molecular formula is C31H30ClN5O5. The van der Waals surface area contributed by atoms with Gasteiger partial charge in [-0.2, -0.15) is 5.10 Å². The number of nitrogens with zero attached hydrogens (tertiary/aromatic N) is 4. The fourth-order valence-corrected chi connectivity index (χ4v) is 5.21. The average molecular weight is 588 g/mol. The number of ether oxygens (including phenoxy) is 1. The summed E-state index contributed by atoms with van der Waals surface area (Å²) in [5.41, 5.74) is 6.64. The first kappa shape index (κ1) is 28.8. The fourth-order valence-electron chi connectivity index (χ4n) is 5.09. The monoisotopic (exact) mass is 587 g/mol. The van der Waals surface area contributed by atoms with Crippen molar-refractivity contribution in [2.24, 2.45) is 10.5 Å². The second-order valence-electron chi connectivity index (χ2n) is 11.0. The van der Waals surface area contributed by atoms with E-state index >= 15 is 0 Å². The standard InChI is InChI=1S/C31H30ClN5O5/c1-31(2)15-28-27(29(38)16-31)18-35(20-36(28)24-9-5-22(32)6-10-24)23-11-13-26(14-12-23)42-19-30(39)34-33-17-21-3-7-25(8-4-21)37(40)41/h3-14,17H,15-16,18-20H2,1-2H3,(H,34,39)/b33-17+. The second-order valence-corrected chi connectivity index (χ2v) is 11.5. The van der Waals surface area contributed by atoms with Crippen LogP contribution in [0.5, 0.6) is 5.75 Å². The normalized spacial score (nSPS) is 16.4. The molecule has 0 spiro atoms. The van der Waals surface area contributed by atoms with Gasteiger partial charge in [0, 0.05) is 52.8 Å². The van der Waals surface area contributed by atoms with E-state index in [1.807, 2.05) is 36.4 Å². The lowest BCUT2D eigenvalue weighted by molar-refractivity contribution is -0.384. The number of benzene rings is 3. The quantitative estimate of drug-likeness (QED) is 0.204. The highest BCUT2D eigenvalue weighted by atomic mass is 35.5. The molecule has 1 aliphatic heterocycles. The van der Waals surface area contributed by atoms with Crippen molar-refractivity contribution in [3.05, 3.63) is 105 Å². The molecule has 0 atom stereocenters. The van der Waals surface area contributed by atoms with E-state index in [2.05, 4.69) is 34.2 Å². The average Bonchev–Trinajstić information content (AvgIpc) is 2.96. The Hall–Kier alpha value is -4.70. The van der Waals surface area contributed by atoms with Crippen molar-refractivity contribution >= 4 is 46.6 Å². The minimum atomic E-state index is -0.485. The van der Waals surface area contributed by atoms with Gasteiger partial charge in [-0.15, -0.1) is 0 Å². The summed E-state index contributed by atoms with van der Waals surface area (Å²) in [6.07, 6.45) is 2.72. The smallest absolute Gasteiger partial charge is 0.277 e. The first-order valence-corrected chi connectivity index (χ1v) is 13.8. The summed E-state index contributed by atoms with van der Waals surface area (Å²) in [7, 11) is 0. The summed E-state index contributed by atoms with van der Waals surface area (Å²) < 4.78 is 5.62. The highest BCUT2D eigenvalue weighted by Gasteiger charge is 2.39. The molecule has 0 saturated heterocycles. The molecule has 1 heterocycles. The van der Waals surface area contributed by atoms with Gasteiger partial charge in [-0.25, -0.2) is 5.43 Å². The molecule has 0 radical (unpaired) electrons. The number of hydrogen-bond donors (Lipinski definition) is 1. The van der Waals surface area contributed by atoms with Crippen molar-refractivity contribution in [3.63, 3.8) is 0 Å². The summed E-state index contributed by atoms with van der Waals surface area (Å²) in [4.78, 5) is 40.0. The van der Waals surface area contributed by atoms with Gasteiger partial charge in [-0.05, 0) is 78.1 Å². The SMILES string of the molecule is CC1(C)CC(=O)C2=C(C1)N(c1ccc(Cl)cc1)CN(c1ccc(OCC(=O)N/N=C/c3ccc([N+](=O)[O-])cc3)cc1)C2. The predicted molar refractivity (Wildman–Crippen MR) is 162 cm³/mol. The molecule has 2 aliphatic rings. The third-order valence-corrected chi connectivity index (χ3v) is 7.43. The molecule has 1 N–H and O–H groups in total. The van der Waals surface area contributed by atoms with Crippen LogP contribution in [-0.2, 0) is 9.59 Å². The summed E-state index contributed by atoms with van der Waals surface area (Å²) in [5.74, 6) is 0.229.